The smallest absolute Gasteiger partial charge is 0.327 e. The van der Waals surface area contributed by atoms with Crippen LogP contribution in [0, 0.1) is 0 Å². The molecule has 3 amide bonds. The number of morpholine rings is 1. The monoisotopic (exact) mass is 310 g/mol. The van der Waals surface area contributed by atoms with Crippen LogP contribution in [0.4, 0.5) is 4.79 Å². The Morgan fingerprint density at radius 1 is 1.18 bits per heavy atom. The third-order valence-corrected chi connectivity index (χ3v) is 5.00. The highest BCUT2D eigenvalue weighted by Gasteiger charge is 2.58. The van der Waals surface area contributed by atoms with Crippen LogP contribution in [0.25, 0.3) is 0 Å². The third kappa shape index (κ3) is 2.61. The summed E-state index contributed by atoms with van der Waals surface area (Å²) in [6.07, 6.45) is 1.69. The van der Waals surface area contributed by atoms with E-state index >= 15 is 0 Å². The Bertz CT molecular complexity index is 439. The summed E-state index contributed by atoms with van der Waals surface area (Å²) in [5, 5.41) is 3.26. The number of hydrogen-bond acceptors (Lipinski definition) is 5. The molecule has 22 heavy (non-hydrogen) atoms. The molecular formula is C15H26N4O3. The van der Waals surface area contributed by atoms with Crippen LogP contribution < -0.4 is 5.32 Å². The first kappa shape index (κ1) is 15.7. The summed E-state index contributed by atoms with van der Waals surface area (Å²) in [6, 6.07) is -0.103. The molecular weight excluding hydrogens is 284 g/mol. The average molecular weight is 310 g/mol. The molecule has 7 heteroatoms. The second-order valence-electron chi connectivity index (χ2n) is 6.26. The predicted molar refractivity (Wildman–Crippen MR) is 81.6 cm³/mol. The summed E-state index contributed by atoms with van der Waals surface area (Å²) in [5.74, 6) is -0.00999. The Kier molecular flexibility index (Phi) is 4.65. The molecule has 0 aliphatic carbocycles. The molecule has 3 heterocycles. The molecule has 3 aliphatic rings. The van der Waals surface area contributed by atoms with E-state index in [0.29, 0.717) is 19.6 Å². The Morgan fingerprint density at radius 2 is 1.95 bits per heavy atom. The van der Waals surface area contributed by atoms with Crippen molar-refractivity contribution in [1.29, 1.82) is 0 Å². The number of imide groups is 1. The van der Waals surface area contributed by atoms with Gasteiger partial charge in [0.1, 0.15) is 5.54 Å². The number of fused-ring (bicyclic) bond motifs is 1. The van der Waals surface area contributed by atoms with E-state index in [4.69, 9.17) is 4.74 Å². The van der Waals surface area contributed by atoms with Gasteiger partial charge in [0.15, 0.2) is 0 Å². The number of likely N-dealkylation sites (N-methyl/N-ethyl adjacent to an activating group) is 1. The van der Waals surface area contributed by atoms with Gasteiger partial charge in [-0.3, -0.25) is 14.6 Å². The third-order valence-electron chi connectivity index (χ3n) is 5.00. The predicted octanol–water partition coefficient (Wildman–Crippen LogP) is -0.275. The van der Waals surface area contributed by atoms with E-state index in [1.165, 1.54) is 4.90 Å². The minimum Gasteiger partial charge on any atom is -0.379 e. The van der Waals surface area contributed by atoms with Gasteiger partial charge >= 0.3 is 6.03 Å². The van der Waals surface area contributed by atoms with Crippen LogP contribution in [0.1, 0.15) is 19.8 Å². The molecule has 7 nitrogen and oxygen atoms in total. The first-order valence-electron chi connectivity index (χ1n) is 8.33. The van der Waals surface area contributed by atoms with Crippen molar-refractivity contribution in [3.05, 3.63) is 0 Å². The lowest BCUT2D eigenvalue weighted by molar-refractivity contribution is -0.132. The summed E-state index contributed by atoms with van der Waals surface area (Å²) < 4.78 is 5.33. The molecule has 3 saturated heterocycles. The summed E-state index contributed by atoms with van der Waals surface area (Å²) in [6.45, 7) is 8.56. The Balaban J connectivity index is 1.65. The highest BCUT2D eigenvalue weighted by atomic mass is 16.5. The van der Waals surface area contributed by atoms with Crippen LogP contribution in [-0.2, 0) is 9.53 Å². The highest BCUT2D eigenvalue weighted by molar-refractivity contribution is 6.07. The maximum Gasteiger partial charge on any atom is 0.327 e. The van der Waals surface area contributed by atoms with Crippen LogP contribution in [-0.4, -0.2) is 91.2 Å². The number of urea groups is 1. The fourth-order valence-corrected chi connectivity index (χ4v) is 3.72. The normalized spacial score (nSPS) is 29.5. The van der Waals surface area contributed by atoms with Crippen LogP contribution in [0.15, 0.2) is 0 Å². The zero-order valence-electron chi connectivity index (χ0n) is 13.3. The largest absolute Gasteiger partial charge is 0.379 e. The van der Waals surface area contributed by atoms with Crippen molar-refractivity contribution in [2.75, 3.05) is 59.0 Å². The molecule has 1 N–H and O–H groups in total. The van der Waals surface area contributed by atoms with Gasteiger partial charge in [0.05, 0.1) is 13.2 Å². The van der Waals surface area contributed by atoms with Crippen molar-refractivity contribution in [2.45, 2.75) is 25.3 Å². The van der Waals surface area contributed by atoms with Gasteiger partial charge in [-0.15, -0.1) is 0 Å². The fraction of sp³-hybridized carbons (Fsp3) is 0.867. The molecule has 0 saturated carbocycles. The Hall–Kier alpha value is -1.18. The number of hydrogen-bond donors (Lipinski definition) is 1. The zero-order valence-corrected chi connectivity index (χ0v) is 13.3. The van der Waals surface area contributed by atoms with Crippen LogP contribution in [0.2, 0.25) is 0 Å². The maximum absolute atomic E-state index is 12.9. The minimum atomic E-state index is -0.627. The zero-order chi connectivity index (χ0) is 15.6. The molecule has 1 atom stereocenters. The van der Waals surface area contributed by atoms with Crippen molar-refractivity contribution >= 4 is 11.9 Å². The number of rotatable bonds is 6. The van der Waals surface area contributed by atoms with Gasteiger partial charge < -0.3 is 15.0 Å². The van der Waals surface area contributed by atoms with E-state index in [1.807, 2.05) is 6.92 Å². The molecule has 0 unspecified atom stereocenters. The van der Waals surface area contributed by atoms with Crippen LogP contribution in [0.5, 0.6) is 0 Å². The number of nitrogens with one attached hydrogen (secondary N) is 1. The highest BCUT2D eigenvalue weighted by Crippen LogP contribution is 2.37. The van der Waals surface area contributed by atoms with E-state index in [1.54, 1.807) is 4.90 Å². The number of amides is 3. The summed E-state index contributed by atoms with van der Waals surface area (Å²) in [5.41, 5.74) is -0.627. The molecule has 0 spiro atoms. The molecule has 0 aromatic rings. The van der Waals surface area contributed by atoms with E-state index in [2.05, 4.69) is 10.2 Å². The van der Waals surface area contributed by atoms with Crippen molar-refractivity contribution in [1.82, 2.24) is 20.0 Å². The quantitative estimate of drug-likeness (QED) is 0.684. The SMILES string of the molecule is CCNC[C@@]12CCCN1C(=O)N(CCN1CCOCC1)C2=O. The van der Waals surface area contributed by atoms with E-state index in [0.717, 1.165) is 52.2 Å². The first-order chi connectivity index (χ1) is 10.7. The summed E-state index contributed by atoms with van der Waals surface area (Å²) in [4.78, 5) is 31.0. The first-order valence-corrected chi connectivity index (χ1v) is 8.33. The number of nitrogens with zero attached hydrogens (tertiary/aromatic N) is 3. The number of ether oxygens (including phenoxy) is 1. The lowest BCUT2D eigenvalue weighted by Crippen LogP contribution is -2.52. The molecule has 0 radical (unpaired) electrons. The van der Waals surface area contributed by atoms with Gasteiger partial charge in [0.25, 0.3) is 5.91 Å². The van der Waals surface area contributed by atoms with Gasteiger partial charge in [-0.25, -0.2) is 4.79 Å². The number of carbonyl (C=O) groups excluding carboxylic acids is 2. The average Bonchev–Trinajstić information content (AvgIpc) is 3.05. The van der Waals surface area contributed by atoms with Gasteiger partial charge in [0.2, 0.25) is 0 Å². The topological polar surface area (TPSA) is 65.1 Å². The molecule has 0 aromatic carbocycles. The summed E-state index contributed by atoms with van der Waals surface area (Å²) in [7, 11) is 0. The van der Waals surface area contributed by atoms with Crippen molar-refractivity contribution in [3.63, 3.8) is 0 Å². The standard InChI is InChI=1S/C15H26N4O3/c1-2-16-12-15-4-3-5-19(15)14(21)18(13(15)20)7-6-17-8-10-22-11-9-17/h16H,2-12H2,1H3/t15-/m1/s1. The van der Waals surface area contributed by atoms with Gasteiger partial charge in [-0.05, 0) is 19.4 Å². The molecule has 3 fully saturated rings. The molecule has 3 rings (SSSR count). The lowest BCUT2D eigenvalue weighted by Gasteiger charge is -2.29. The summed E-state index contributed by atoms with van der Waals surface area (Å²) >= 11 is 0. The van der Waals surface area contributed by atoms with Gasteiger partial charge in [0, 0.05) is 39.3 Å². The molecule has 0 bridgehead atoms. The van der Waals surface area contributed by atoms with Crippen LogP contribution in [0.3, 0.4) is 0 Å². The maximum atomic E-state index is 12.9. The van der Waals surface area contributed by atoms with Gasteiger partial charge in [-0.1, -0.05) is 6.92 Å². The lowest BCUT2D eigenvalue weighted by atomic mass is 9.96. The Labute approximate surface area is 131 Å². The minimum absolute atomic E-state index is 0.00999. The molecule has 124 valence electrons. The van der Waals surface area contributed by atoms with E-state index in [-0.39, 0.29) is 11.9 Å². The Morgan fingerprint density at radius 3 is 2.68 bits per heavy atom. The van der Waals surface area contributed by atoms with E-state index < -0.39 is 5.54 Å². The number of carbonyl (C=O) groups is 2. The second-order valence-corrected chi connectivity index (χ2v) is 6.26. The van der Waals surface area contributed by atoms with Gasteiger partial charge in [-0.2, -0.15) is 0 Å². The van der Waals surface area contributed by atoms with Crippen molar-refractivity contribution in [3.8, 4) is 0 Å². The molecule has 3 aliphatic heterocycles. The van der Waals surface area contributed by atoms with Crippen LogP contribution >= 0.6 is 0 Å². The van der Waals surface area contributed by atoms with E-state index in [9.17, 15) is 9.59 Å². The van der Waals surface area contributed by atoms with Crippen molar-refractivity contribution in [2.24, 2.45) is 0 Å². The second kappa shape index (κ2) is 6.52. The van der Waals surface area contributed by atoms with Crippen molar-refractivity contribution < 1.29 is 14.3 Å². The molecule has 0 aromatic heterocycles. The fourth-order valence-electron chi connectivity index (χ4n) is 3.72.